The van der Waals surface area contributed by atoms with E-state index in [-0.39, 0.29) is 17.7 Å². The van der Waals surface area contributed by atoms with Crippen LogP contribution in [0.1, 0.15) is 35.8 Å². The third kappa shape index (κ3) is 2.88. The predicted octanol–water partition coefficient (Wildman–Crippen LogP) is 3.87. The van der Waals surface area contributed by atoms with Crippen LogP contribution in [0.2, 0.25) is 0 Å². The molecule has 1 aromatic carbocycles. The molecule has 1 aliphatic rings. The van der Waals surface area contributed by atoms with Crippen LogP contribution in [0.25, 0.3) is 22.4 Å². The third-order valence-corrected chi connectivity index (χ3v) is 4.70. The fraction of sp³-hybridized carbons (Fsp3) is 0.316. The van der Waals surface area contributed by atoms with E-state index in [0.717, 1.165) is 12.8 Å². The third-order valence-electron chi connectivity index (χ3n) is 4.70. The van der Waals surface area contributed by atoms with Gasteiger partial charge >= 0.3 is 0 Å². The lowest BCUT2D eigenvalue weighted by molar-refractivity contribution is 0.0937. The molecule has 1 amide bonds. The Bertz CT molecular complexity index is 962. The van der Waals surface area contributed by atoms with E-state index in [1.807, 2.05) is 6.92 Å². The SMILES string of the molecule is Cc1noc2nc(-c3ccccc3F)cc(C(=O)N[C@@H](C)C3CC3)c12. The van der Waals surface area contributed by atoms with Crippen molar-refractivity contribution >= 4 is 17.0 Å². The molecule has 1 atom stereocenters. The maximum absolute atomic E-state index is 14.2. The van der Waals surface area contributed by atoms with Crippen molar-refractivity contribution in [2.24, 2.45) is 5.92 Å². The number of halogens is 1. The number of hydrogen-bond acceptors (Lipinski definition) is 4. The zero-order valence-electron chi connectivity index (χ0n) is 14.0. The molecule has 0 saturated heterocycles. The summed E-state index contributed by atoms with van der Waals surface area (Å²) < 4.78 is 19.4. The number of aromatic nitrogens is 2. The molecule has 1 fully saturated rings. The molecular formula is C19H18FN3O2. The minimum absolute atomic E-state index is 0.104. The van der Waals surface area contributed by atoms with Gasteiger partial charge in [-0.1, -0.05) is 17.3 Å². The van der Waals surface area contributed by atoms with Crippen molar-refractivity contribution in [1.82, 2.24) is 15.5 Å². The van der Waals surface area contributed by atoms with Crippen molar-refractivity contribution in [1.29, 1.82) is 0 Å². The first kappa shape index (κ1) is 15.7. The number of aryl methyl sites for hydroxylation is 1. The number of pyridine rings is 1. The predicted molar refractivity (Wildman–Crippen MR) is 91.6 cm³/mol. The van der Waals surface area contributed by atoms with Crippen LogP contribution in [0, 0.1) is 18.7 Å². The smallest absolute Gasteiger partial charge is 0.259 e. The van der Waals surface area contributed by atoms with Gasteiger partial charge in [0.2, 0.25) is 0 Å². The Labute approximate surface area is 144 Å². The van der Waals surface area contributed by atoms with Crippen molar-refractivity contribution in [3.8, 4) is 11.3 Å². The molecule has 6 heteroatoms. The van der Waals surface area contributed by atoms with Crippen molar-refractivity contribution in [3.05, 3.63) is 47.4 Å². The van der Waals surface area contributed by atoms with Crippen LogP contribution in [0.4, 0.5) is 4.39 Å². The fourth-order valence-corrected chi connectivity index (χ4v) is 3.08. The van der Waals surface area contributed by atoms with Crippen LogP contribution in [0.5, 0.6) is 0 Å². The van der Waals surface area contributed by atoms with Gasteiger partial charge in [0.1, 0.15) is 5.82 Å². The average Bonchev–Trinajstić information content (AvgIpc) is 3.39. The van der Waals surface area contributed by atoms with Crippen molar-refractivity contribution in [3.63, 3.8) is 0 Å². The minimum atomic E-state index is -0.400. The first-order valence-electron chi connectivity index (χ1n) is 8.37. The summed E-state index contributed by atoms with van der Waals surface area (Å²) in [7, 11) is 0. The molecule has 0 unspecified atom stereocenters. The van der Waals surface area contributed by atoms with Gasteiger partial charge in [-0.25, -0.2) is 9.37 Å². The van der Waals surface area contributed by atoms with E-state index in [0.29, 0.717) is 33.8 Å². The molecule has 4 rings (SSSR count). The lowest BCUT2D eigenvalue weighted by Crippen LogP contribution is -2.34. The van der Waals surface area contributed by atoms with Gasteiger partial charge in [-0.3, -0.25) is 4.79 Å². The molecule has 0 spiro atoms. The van der Waals surface area contributed by atoms with Crippen LogP contribution in [0.3, 0.4) is 0 Å². The zero-order chi connectivity index (χ0) is 17.6. The maximum Gasteiger partial charge on any atom is 0.259 e. The first-order chi connectivity index (χ1) is 12.0. The van der Waals surface area contributed by atoms with Gasteiger partial charge < -0.3 is 9.84 Å². The quantitative estimate of drug-likeness (QED) is 0.783. The van der Waals surface area contributed by atoms with Gasteiger partial charge in [0.25, 0.3) is 11.6 Å². The van der Waals surface area contributed by atoms with E-state index >= 15 is 0 Å². The molecule has 1 saturated carbocycles. The topological polar surface area (TPSA) is 68.0 Å². The van der Waals surface area contributed by atoms with E-state index < -0.39 is 5.82 Å². The Morgan fingerprint density at radius 3 is 2.84 bits per heavy atom. The Morgan fingerprint density at radius 1 is 1.36 bits per heavy atom. The number of rotatable bonds is 4. The number of carbonyl (C=O) groups excluding carboxylic acids is 1. The molecular weight excluding hydrogens is 321 g/mol. The van der Waals surface area contributed by atoms with Crippen LogP contribution in [-0.2, 0) is 0 Å². The largest absolute Gasteiger partial charge is 0.349 e. The highest BCUT2D eigenvalue weighted by atomic mass is 19.1. The van der Waals surface area contributed by atoms with Crippen LogP contribution in [-0.4, -0.2) is 22.1 Å². The highest BCUT2D eigenvalue weighted by molar-refractivity contribution is 6.07. The molecule has 1 aliphatic carbocycles. The Hall–Kier alpha value is -2.76. The number of amides is 1. The summed E-state index contributed by atoms with van der Waals surface area (Å²) in [6, 6.07) is 8.04. The Balaban J connectivity index is 1.82. The minimum Gasteiger partial charge on any atom is -0.349 e. The fourth-order valence-electron chi connectivity index (χ4n) is 3.08. The number of hydrogen-bond donors (Lipinski definition) is 1. The highest BCUT2D eigenvalue weighted by Gasteiger charge is 2.30. The van der Waals surface area contributed by atoms with Gasteiger partial charge in [0.15, 0.2) is 0 Å². The molecule has 2 aromatic heterocycles. The second-order valence-corrected chi connectivity index (χ2v) is 6.58. The van der Waals surface area contributed by atoms with E-state index in [1.54, 1.807) is 31.2 Å². The lowest BCUT2D eigenvalue weighted by Gasteiger charge is -2.14. The zero-order valence-corrected chi connectivity index (χ0v) is 14.0. The number of nitrogens with zero attached hydrogens (tertiary/aromatic N) is 2. The normalized spacial score (nSPS) is 15.3. The van der Waals surface area contributed by atoms with Crippen molar-refractivity contribution in [2.75, 3.05) is 0 Å². The summed E-state index contributed by atoms with van der Waals surface area (Å²) >= 11 is 0. The number of fused-ring (bicyclic) bond motifs is 1. The van der Waals surface area contributed by atoms with Crippen molar-refractivity contribution < 1.29 is 13.7 Å². The standard InChI is InChI=1S/C19H18FN3O2/c1-10(12-7-8-12)21-18(24)14-9-16(13-5-3-4-6-15(13)20)22-19-17(14)11(2)23-25-19/h3-6,9-10,12H,7-8H2,1-2H3,(H,21,24)/t10-/m0/s1. The number of carbonyl (C=O) groups is 1. The Morgan fingerprint density at radius 2 is 2.12 bits per heavy atom. The molecule has 3 aromatic rings. The van der Waals surface area contributed by atoms with E-state index in [4.69, 9.17) is 4.52 Å². The van der Waals surface area contributed by atoms with Gasteiger partial charge in [-0.15, -0.1) is 0 Å². The van der Waals surface area contributed by atoms with Gasteiger partial charge in [-0.2, -0.15) is 0 Å². The van der Waals surface area contributed by atoms with Gasteiger partial charge in [0, 0.05) is 11.6 Å². The molecule has 128 valence electrons. The second kappa shape index (κ2) is 5.95. The van der Waals surface area contributed by atoms with Gasteiger partial charge in [0.05, 0.1) is 22.3 Å². The van der Waals surface area contributed by atoms with E-state index in [9.17, 15) is 9.18 Å². The molecule has 1 N–H and O–H groups in total. The number of nitrogens with one attached hydrogen (secondary N) is 1. The second-order valence-electron chi connectivity index (χ2n) is 6.58. The summed E-state index contributed by atoms with van der Waals surface area (Å²) in [6.45, 7) is 3.77. The molecule has 0 aliphatic heterocycles. The van der Waals surface area contributed by atoms with Gasteiger partial charge in [-0.05, 0) is 50.8 Å². The van der Waals surface area contributed by atoms with Crippen LogP contribution < -0.4 is 5.32 Å². The first-order valence-corrected chi connectivity index (χ1v) is 8.37. The van der Waals surface area contributed by atoms with E-state index in [1.165, 1.54) is 6.07 Å². The molecule has 25 heavy (non-hydrogen) atoms. The van der Waals surface area contributed by atoms with Crippen molar-refractivity contribution in [2.45, 2.75) is 32.7 Å². The molecule has 2 heterocycles. The molecule has 5 nitrogen and oxygen atoms in total. The summed E-state index contributed by atoms with van der Waals surface area (Å²) in [6.07, 6.45) is 2.28. The monoisotopic (exact) mass is 339 g/mol. The average molecular weight is 339 g/mol. The Kier molecular flexibility index (Phi) is 3.75. The number of benzene rings is 1. The summed E-state index contributed by atoms with van der Waals surface area (Å²) in [5.41, 5.74) is 1.91. The summed E-state index contributed by atoms with van der Waals surface area (Å²) in [5, 5.41) is 7.51. The lowest BCUT2D eigenvalue weighted by atomic mass is 10.0. The van der Waals surface area contributed by atoms with E-state index in [2.05, 4.69) is 15.5 Å². The summed E-state index contributed by atoms with van der Waals surface area (Å²) in [4.78, 5) is 17.2. The van der Waals surface area contributed by atoms with Crippen LogP contribution >= 0.6 is 0 Å². The summed E-state index contributed by atoms with van der Waals surface area (Å²) in [5.74, 6) is -0.0742. The molecule has 0 radical (unpaired) electrons. The molecule has 0 bridgehead atoms. The maximum atomic E-state index is 14.2. The van der Waals surface area contributed by atoms with Crippen LogP contribution in [0.15, 0.2) is 34.9 Å². The highest BCUT2D eigenvalue weighted by Crippen LogP contribution is 2.33.